The van der Waals surface area contributed by atoms with Gasteiger partial charge in [0.25, 0.3) is 0 Å². The highest BCUT2D eigenvalue weighted by molar-refractivity contribution is 9.10. The largest absolute Gasteiger partial charge is 0.352 e. The second kappa shape index (κ2) is 4.30. The number of hydrogen-bond donors (Lipinski definition) is 0. The van der Waals surface area contributed by atoms with E-state index in [2.05, 4.69) is 35.9 Å². The zero-order valence-electron chi connectivity index (χ0n) is 10.4. The Hall–Kier alpha value is -1.43. The Bertz CT molecular complexity index is 601. The van der Waals surface area contributed by atoms with E-state index in [9.17, 15) is 0 Å². The van der Waals surface area contributed by atoms with E-state index < -0.39 is 0 Å². The molecule has 0 N–H and O–H groups in total. The third-order valence-corrected chi connectivity index (χ3v) is 4.14. The predicted octanol–water partition coefficient (Wildman–Crippen LogP) is 2.37. The highest BCUT2D eigenvalue weighted by Crippen LogP contribution is 2.38. The molecule has 4 rings (SSSR count). The van der Waals surface area contributed by atoms with E-state index in [1.54, 1.807) is 0 Å². The minimum atomic E-state index is 0.450. The first-order valence-corrected chi connectivity index (χ1v) is 7.36. The first kappa shape index (κ1) is 11.4. The summed E-state index contributed by atoms with van der Waals surface area (Å²) in [6.07, 6.45) is 8.23. The topological polar surface area (TPSA) is 46.8 Å². The van der Waals surface area contributed by atoms with Crippen LogP contribution in [0.25, 0.3) is 0 Å². The lowest BCUT2D eigenvalue weighted by atomic mass is 10.1. The van der Waals surface area contributed by atoms with Crippen molar-refractivity contribution in [2.75, 3.05) is 18.0 Å². The molecule has 0 spiro atoms. The van der Waals surface area contributed by atoms with Gasteiger partial charge in [-0.25, -0.2) is 9.97 Å². The van der Waals surface area contributed by atoms with Gasteiger partial charge >= 0.3 is 0 Å². The van der Waals surface area contributed by atoms with Crippen molar-refractivity contribution in [2.45, 2.75) is 24.8 Å². The fourth-order valence-electron chi connectivity index (χ4n) is 2.40. The minimum Gasteiger partial charge on any atom is -0.352 e. The Morgan fingerprint density at radius 1 is 1.26 bits per heavy atom. The molecule has 1 aliphatic carbocycles. The molecule has 0 bridgehead atoms. The first-order valence-electron chi connectivity index (χ1n) is 6.57. The number of halogens is 1. The molecule has 1 saturated heterocycles. The summed E-state index contributed by atoms with van der Waals surface area (Å²) in [6, 6.07) is 2.45. The van der Waals surface area contributed by atoms with E-state index in [1.807, 2.05) is 29.3 Å². The minimum absolute atomic E-state index is 0.450. The second-order valence-electron chi connectivity index (χ2n) is 5.24. The molecular weight excluding hydrogens is 306 g/mol. The smallest absolute Gasteiger partial charge is 0.133 e. The maximum absolute atomic E-state index is 4.67. The first-order chi connectivity index (χ1) is 9.29. The molecule has 0 amide bonds. The van der Waals surface area contributed by atoms with Crippen molar-refractivity contribution in [3.63, 3.8) is 0 Å². The molecule has 5 nitrogen and oxygen atoms in total. The number of aromatic nitrogens is 4. The Labute approximate surface area is 119 Å². The average Bonchev–Trinajstić information content (AvgIpc) is 3.12. The van der Waals surface area contributed by atoms with E-state index >= 15 is 0 Å². The summed E-state index contributed by atoms with van der Waals surface area (Å²) in [7, 11) is 0. The van der Waals surface area contributed by atoms with E-state index in [1.165, 1.54) is 12.8 Å². The SMILES string of the molecule is Brc1cnn(C2CN(c3ccnc(C4CC4)n3)C2)c1. The van der Waals surface area contributed by atoms with Crippen LogP contribution in [0.1, 0.15) is 30.6 Å². The van der Waals surface area contributed by atoms with Crippen molar-refractivity contribution in [3.05, 3.63) is 35.0 Å². The van der Waals surface area contributed by atoms with E-state index in [0.29, 0.717) is 12.0 Å². The molecule has 2 aliphatic rings. The van der Waals surface area contributed by atoms with Crippen LogP contribution in [0, 0.1) is 0 Å². The van der Waals surface area contributed by atoms with Gasteiger partial charge in [0, 0.05) is 31.4 Å². The van der Waals surface area contributed by atoms with Gasteiger partial charge in [0.15, 0.2) is 0 Å². The number of nitrogens with zero attached hydrogens (tertiary/aromatic N) is 5. The van der Waals surface area contributed by atoms with Gasteiger partial charge in [0.05, 0.1) is 16.7 Å². The van der Waals surface area contributed by atoms with Gasteiger partial charge < -0.3 is 4.90 Å². The van der Waals surface area contributed by atoms with Gasteiger partial charge in [-0.05, 0) is 34.8 Å². The number of rotatable bonds is 3. The fourth-order valence-corrected chi connectivity index (χ4v) is 2.70. The zero-order chi connectivity index (χ0) is 12.8. The summed E-state index contributed by atoms with van der Waals surface area (Å²) in [5, 5.41) is 4.33. The highest BCUT2D eigenvalue weighted by atomic mass is 79.9. The summed E-state index contributed by atoms with van der Waals surface area (Å²) in [5.41, 5.74) is 0. The van der Waals surface area contributed by atoms with Gasteiger partial charge in [-0.15, -0.1) is 0 Å². The summed E-state index contributed by atoms with van der Waals surface area (Å²) >= 11 is 3.43. The fraction of sp³-hybridized carbons (Fsp3) is 0.462. The van der Waals surface area contributed by atoms with Crippen LogP contribution in [-0.2, 0) is 0 Å². The van der Waals surface area contributed by atoms with Crippen LogP contribution in [0.4, 0.5) is 5.82 Å². The second-order valence-corrected chi connectivity index (χ2v) is 6.16. The lowest BCUT2D eigenvalue weighted by Gasteiger charge is -2.40. The van der Waals surface area contributed by atoms with Crippen LogP contribution in [-0.4, -0.2) is 32.8 Å². The molecule has 2 aromatic heterocycles. The summed E-state index contributed by atoms with van der Waals surface area (Å²) in [5.74, 6) is 2.68. The van der Waals surface area contributed by atoms with Crippen molar-refractivity contribution in [1.82, 2.24) is 19.7 Å². The molecule has 0 unspecified atom stereocenters. The predicted molar refractivity (Wildman–Crippen MR) is 75.2 cm³/mol. The van der Waals surface area contributed by atoms with Crippen molar-refractivity contribution < 1.29 is 0 Å². The van der Waals surface area contributed by atoms with E-state index in [4.69, 9.17) is 0 Å². The van der Waals surface area contributed by atoms with Crippen molar-refractivity contribution in [3.8, 4) is 0 Å². The molecule has 0 atom stereocenters. The molecule has 0 radical (unpaired) electrons. The summed E-state index contributed by atoms with van der Waals surface area (Å²) in [6.45, 7) is 1.94. The van der Waals surface area contributed by atoms with Crippen LogP contribution in [0.2, 0.25) is 0 Å². The van der Waals surface area contributed by atoms with Crippen LogP contribution in [0.5, 0.6) is 0 Å². The monoisotopic (exact) mass is 319 g/mol. The van der Waals surface area contributed by atoms with Crippen LogP contribution >= 0.6 is 15.9 Å². The average molecular weight is 320 g/mol. The van der Waals surface area contributed by atoms with Gasteiger partial charge in [0.2, 0.25) is 0 Å². The van der Waals surface area contributed by atoms with Crippen molar-refractivity contribution >= 4 is 21.7 Å². The Balaban J connectivity index is 1.46. The molecule has 6 heteroatoms. The molecule has 2 fully saturated rings. The summed E-state index contributed by atoms with van der Waals surface area (Å²) < 4.78 is 3.05. The normalized spacial score (nSPS) is 19.5. The summed E-state index contributed by atoms with van der Waals surface area (Å²) in [4.78, 5) is 11.3. The van der Waals surface area contributed by atoms with Crippen LogP contribution in [0.15, 0.2) is 29.1 Å². The third kappa shape index (κ3) is 2.14. The lowest BCUT2D eigenvalue weighted by Crippen LogP contribution is -2.48. The molecule has 0 aromatic carbocycles. The standard InChI is InChI=1S/C13H14BrN5/c14-10-5-16-19(6-10)11-7-18(8-11)12-3-4-15-13(17-12)9-1-2-9/h3-6,9,11H,1-2,7-8H2. The van der Waals surface area contributed by atoms with Crippen LogP contribution in [0.3, 0.4) is 0 Å². The zero-order valence-corrected chi connectivity index (χ0v) is 12.0. The maximum Gasteiger partial charge on any atom is 0.133 e. The molecule has 1 aliphatic heterocycles. The Morgan fingerprint density at radius 3 is 2.79 bits per heavy atom. The van der Waals surface area contributed by atoms with Gasteiger partial charge in [-0.2, -0.15) is 5.10 Å². The molecular formula is C13H14BrN5. The Kier molecular flexibility index (Phi) is 2.58. The number of hydrogen-bond acceptors (Lipinski definition) is 4. The highest BCUT2D eigenvalue weighted by Gasteiger charge is 2.31. The molecule has 19 heavy (non-hydrogen) atoms. The molecule has 2 aromatic rings. The number of anilines is 1. The van der Waals surface area contributed by atoms with Gasteiger partial charge in [-0.1, -0.05) is 0 Å². The third-order valence-electron chi connectivity index (χ3n) is 3.73. The van der Waals surface area contributed by atoms with E-state index in [0.717, 1.165) is 29.2 Å². The van der Waals surface area contributed by atoms with Gasteiger partial charge in [-0.3, -0.25) is 4.68 Å². The van der Waals surface area contributed by atoms with Crippen LogP contribution < -0.4 is 4.90 Å². The van der Waals surface area contributed by atoms with E-state index in [-0.39, 0.29) is 0 Å². The quantitative estimate of drug-likeness (QED) is 0.871. The van der Waals surface area contributed by atoms with Crippen molar-refractivity contribution in [1.29, 1.82) is 0 Å². The van der Waals surface area contributed by atoms with Crippen molar-refractivity contribution in [2.24, 2.45) is 0 Å². The lowest BCUT2D eigenvalue weighted by molar-refractivity contribution is 0.365. The Morgan fingerprint density at radius 2 is 2.11 bits per heavy atom. The molecule has 3 heterocycles. The van der Waals surface area contributed by atoms with Gasteiger partial charge in [0.1, 0.15) is 11.6 Å². The molecule has 1 saturated carbocycles. The maximum atomic E-state index is 4.67. The molecule has 98 valence electrons.